The van der Waals surface area contributed by atoms with E-state index in [1.165, 1.54) is 12.1 Å². The van der Waals surface area contributed by atoms with Gasteiger partial charge >= 0.3 is 0 Å². The number of nitrogens with one attached hydrogen (secondary N) is 2. The van der Waals surface area contributed by atoms with Crippen molar-refractivity contribution in [1.82, 2.24) is 4.72 Å². The normalized spacial score (nSPS) is 11.6. The lowest BCUT2D eigenvalue weighted by Gasteiger charge is -2.12. The molecule has 1 rings (SSSR count). The Kier molecular flexibility index (Phi) is 4.60. The van der Waals surface area contributed by atoms with Gasteiger partial charge in [0.1, 0.15) is 10.8 Å². The summed E-state index contributed by atoms with van der Waals surface area (Å²) in [7, 11) is -3.79. The highest BCUT2D eigenvalue weighted by atomic mass is 32.2. The molecular formula is C10H14FN3O2S2. The molecule has 1 aromatic carbocycles. The van der Waals surface area contributed by atoms with Gasteiger partial charge in [0.15, 0.2) is 0 Å². The molecule has 0 radical (unpaired) electrons. The van der Waals surface area contributed by atoms with Crippen LogP contribution in [0.1, 0.15) is 19.4 Å². The van der Waals surface area contributed by atoms with Crippen LogP contribution in [0.25, 0.3) is 0 Å². The minimum absolute atomic E-state index is 0.0450. The number of nitrogens with two attached hydrogens (primary N) is 1. The second-order valence-electron chi connectivity index (χ2n) is 3.94. The number of benzene rings is 1. The van der Waals surface area contributed by atoms with Crippen LogP contribution < -0.4 is 15.2 Å². The van der Waals surface area contributed by atoms with Gasteiger partial charge in [-0.1, -0.05) is 12.2 Å². The molecule has 0 atom stereocenters. The van der Waals surface area contributed by atoms with E-state index in [0.717, 1.165) is 6.07 Å². The van der Waals surface area contributed by atoms with E-state index in [0.29, 0.717) is 5.56 Å². The Morgan fingerprint density at radius 3 is 2.50 bits per heavy atom. The molecule has 0 aliphatic heterocycles. The third-order valence-electron chi connectivity index (χ3n) is 1.89. The number of rotatable bonds is 5. The second kappa shape index (κ2) is 5.59. The highest BCUT2D eigenvalue weighted by molar-refractivity contribution is 7.90. The van der Waals surface area contributed by atoms with Crippen LogP contribution in [0.4, 0.5) is 10.1 Å². The Hall–Kier alpha value is -1.25. The maximum Gasteiger partial charge on any atom is 0.299 e. The van der Waals surface area contributed by atoms with Gasteiger partial charge in [-0.25, -0.2) is 4.39 Å². The molecule has 0 aliphatic carbocycles. The molecule has 4 N–H and O–H groups in total. The van der Waals surface area contributed by atoms with Crippen LogP contribution in [-0.4, -0.2) is 19.4 Å². The standard InChI is InChI=1S/C10H14FN3O2S2/c1-6(2)13-18(15,16)14-9-4-3-7(10(12)17)5-8(9)11/h3-6,13-14H,1-2H3,(H2,12,17). The fourth-order valence-corrected chi connectivity index (χ4v) is 2.50. The third kappa shape index (κ3) is 4.21. The molecule has 0 unspecified atom stereocenters. The molecule has 0 fully saturated rings. The van der Waals surface area contributed by atoms with Crippen molar-refractivity contribution >= 4 is 33.1 Å². The van der Waals surface area contributed by atoms with Crippen LogP contribution in [0.5, 0.6) is 0 Å². The molecule has 0 spiro atoms. The highest BCUT2D eigenvalue weighted by Crippen LogP contribution is 2.16. The summed E-state index contributed by atoms with van der Waals surface area (Å²) >= 11 is 4.69. The zero-order valence-corrected chi connectivity index (χ0v) is 11.5. The molecule has 5 nitrogen and oxygen atoms in total. The molecular weight excluding hydrogens is 277 g/mol. The van der Waals surface area contributed by atoms with Crippen LogP contribution in [0.2, 0.25) is 0 Å². The first-order valence-corrected chi connectivity index (χ1v) is 7.00. The van der Waals surface area contributed by atoms with E-state index in [2.05, 4.69) is 9.44 Å². The highest BCUT2D eigenvalue weighted by Gasteiger charge is 2.14. The van der Waals surface area contributed by atoms with E-state index in [9.17, 15) is 12.8 Å². The maximum atomic E-state index is 13.6. The monoisotopic (exact) mass is 291 g/mol. The first-order chi connectivity index (χ1) is 8.21. The van der Waals surface area contributed by atoms with E-state index in [4.69, 9.17) is 18.0 Å². The Morgan fingerprint density at radius 2 is 2.06 bits per heavy atom. The quantitative estimate of drug-likeness (QED) is 0.710. The molecule has 0 saturated carbocycles. The zero-order valence-electron chi connectivity index (χ0n) is 9.90. The second-order valence-corrected chi connectivity index (χ2v) is 5.82. The van der Waals surface area contributed by atoms with E-state index in [-0.39, 0.29) is 16.7 Å². The van der Waals surface area contributed by atoms with Gasteiger partial charge in [-0.05, 0) is 32.0 Å². The largest absolute Gasteiger partial charge is 0.389 e. The molecule has 0 heterocycles. The summed E-state index contributed by atoms with van der Waals surface area (Å²) in [5, 5.41) is 0. The molecule has 0 aliphatic rings. The number of hydrogen-bond acceptors (Lipinski definition) is 3. The minimum atomic E-state index is -3.79. The van der Waals surface area contributed by atoms with Gasteiger partial charge in [0, 0.05) is 11.6 Å². The van der Waals surface area contributed by atoms with Crippen LogP contribution in [-0.2, 0) is 10.2 Å². The molecule has 0 saturated heterocycles. The first kappa shape index (κ1) is 14.8. The number of anilines is 1. The van der Waals surface area contributed by atoms with Gasteiger partial charge in [-0.3, -0.25) is 4.72 Å². The lowest BCUT2D eigenvalue weighted by Crippen LogP contribution is -2.35. The van der Waals surface area contributed by atoms with Crippen molar-refractivity contribution in [2.45, 2.75) is 19.9 Å². The van der Waals surface area contributed by atoms with Crippen molar-refractivity contribution in [1.29, 1.82) is 0 Å². The smallest absolute Gasteiger partial charge is 0.299 e. The topological polar surface area (TPSA) is 84.2 Å². The van der Waals surface area contributed by atoms with Crippen LogP contribution >= 0.6 is 12.2 Å². The van der Waals surface area contributed by atoms with E-state index in [1.54, 1.807) is 13.8 Å². The van der Waals surface area contributed by atoms with Crippen molar-refractivity contribution < 1.29 is 12.8 Å². The fraction of sp³-hybridized carbons (Fsp3) is 0.300. The summed E-state index contributed by atoms with van der Waals surface area (Å²) in [5.41, 5.74) is 5.51. The Balaban J connectivity index is 2.96. The van der Waals surface area contributed by atoms with Crippen LogP contribution in [0.3, 0.4) is 0 Å². The van der Waals surface area contributed by atoms with Gasteiger partial charge in [-0.2, -0.15) is 13.1 Å². The van der Waals surface area contributed by atoms with Gasteiger partial charge < -0.3 is 5.73 Å². The molecule has 8 heteroatoms. The summed E-state index contributed by atoms with van der Waals surface area (Å²) in [4.78, 5) is 0.0450. The van der Waals surface area contributed by atoms with E-state index in [1.807, 2.05) is 0 Å². The zero-order chi connectivity index (χ0) is 13.9. The van der Waals surface area contributed by atoms with Gasteiger partial charge in [0.25, 0.3) is 10.2 Å². The number of thiocarbonyl (C=S) groups is 1. The first-order valence-electron chi connectivity index (χ1n) is 5.10. The summed E-state index contributed by atoms with van der Waals surface area (Å²) < 4.78 is 41.1. The fourth-order valence-electron chi connectivity index (χ4n) is 1.24. The van der Waals surface area contributed by atoms with Gasteiger partial charge in [-0.15, -0.1) is 0 Å². The number of hydrogen-bond donors (Lipinski definition) is 3. The average Bonchev–Trinajstić information content (AvgIpc) is 2.18. The van der Waals surface area contributed by atoms with Crippen molar-refractivity contribution in [3.05, 3.63) is 29.6 Å². The summed E-state index contributed by atoms with van der Waals surface area (Å²) in [6, 6.07) is 3.50. The molecule has 18 heavy (non-hydrogen) atoms. The third-order valence-corrected chi connectivity index (χ3v) is 3.39. The lowest BCUT2D eigenvalue weighted by atomic mass is 10.2. The lowest BCUT2D eigenvalue weighted by molar-refractivity contribution is 0.574. The van der Waals surface area contributed by atoms with Crippen LogP contribution in [0.15, 0.2) is 18.2 Å². The average molecular weight is 291 g/mol. The molecule has 100 valence electrons. The molecule has 0 bridgehead atoms. The molecule has 1 aromatic rings. The van der Waals surface area contributed by atoms with Crippen molar-refractivity contribution in [3.63, 3.8) is 0 Å². The maximum absolute atomic E-state index is 13.6. The van der Waals surface area contributed by atoms with Gasteiger partial charge in [0.05, 0.1) is 5.69 Å². The van der Waals surface area contributed by atoms with Crippen molar-refractivity contribution in [2.24, 2.45) is 5.73 Å². The predicted molar refractivity (Wildman–Crippen MR) is 73.1 cm³/mol. The van der Waals surface area contributed by atoms with E-state index >= 15 is 0 Å². The predicted octanol–water partition coefficient (Wildman–Crippen LogP) is 1.11. The Morgan fingerprint density at radius 1 is 1.44 bits per heavy atom. The molecule has 0 aromatic heterocycles. The van der Waals surface area contributed by atoms with Gasteiger partial charge in [0.2, 0.25) is 0 Å². The van der Waals surface area contributed by atoms with Crippen molar-refractivity contribution in [3.8, 4) is 0 Å². The van der Waals surface area contributed by atoms with Crippen LogP contribution in [0, 0.1) is 5.82 Å². The SMILES string of the molecule is CC(C)NS(=O)(=O)Nc1ccc(C(N)=S)cc1F. The Labute approximate surface area is 111 Å². The van der Waals surface area contributed by atoms with Crippen molar-refractivity contribution in [2.75, 3.05) is 4.72 Å². The summed E-state index contributed by atoms with van der Waals surface area (Å²) in [5.74, 6) is -0.741. The Bertz CT molecular complexity index is 558. The number of halogens is 1. The summed E-state index contributed by atoms with van der Waals surface area (Å²) in [6.45, 7) is 3.32. The minimum Gasteiger partial charge on any atom is -0.389 e. The summed E-state index contributed by atoms with van der Waals surface area (Å²) in [6.07, 6.45) is 0. The molecule has 0 amide bonds. The van der Waals surface area contributed by atoms with E-state index < -0.39 is 16.0 Å².